The topological polar surface area (TPSA) is 61.4 Å². The average Bonchev–Trinajstić information content (AvgIpc) is 2.84. The zero-order valence-electron chi connectivity index (χ0n) is 12.3. The number of aliphatic hydroxyl groups excluding tert-OH is 1. The summed E-state index contributed by atoms with van der Waals surface area (Å²) in [5.74, 6) is 0.564. The summed E-state index contributed by atoms with van der Waals surface area (Å²) in [5, 5.41) is 16.5. The first kappa shape index (κ1) is 14.5. The van der Waals surface area contributed by atoms with Crippen molar-refractivity contribution >= 4 is 5.91 Å². The number of amides is 1. The zero-order valence-corrected chi connectivity index (χ0v) is 12.3. The number of fused-ring (bicyclic) bond motifs is 2. The summed E-state index contributed by atoms with van der Waals surface area (Å²) in [7, 11) is 0. The van der Waals surface area contributed by atoms with E-state index in [-0.39, 0.29) is 5.91 Å². The van der Waals surface area contributed by atoms with Crippen molar-refractivity contribution in [3.05, 3.63) is 35.9 Å². The average molecular weight is 288 g/mol. The van der Waals surface area contributed by atoms with Crippen LogP contribution in [0, 0.1) is 5.92 Å². The van der Waals surface area contributed by atoms with Gasteiger partial charge in [-0.25, -0.2) is 0 Å². The first-order chi connectivity index (χ1) is 10.2. The molecule has 2 saturated heterocycles. The van der Waals surface area contributed by atoms with Crippen LogP contribution >= 0.6 is 0 Å². The van der Waals surface area contributed by atoms with E-state index in [0.717, 1.165) is 18.4 Å². The van der Waals surface area contributed by atoms with E-state index in [2.05, 4.69) is 10.6 Å². The fourth-order valence-electron chi connectivity index (χ4n) is 3.68. The number of piperidine rings is 1. The van der Waals surface area contributed by atoms with Gasteiger partial charge < -0.3 is 15.7 Å². The Labute approximate surface area is 125 Å². The Kier molecular flexibility index (Phi) is 4.56. The Hall–Kier alpha value is -1.39. The van der Waals surface area contributed by atoms with Gasteiger partial charge in [0.05, 0.1) is 6.10 Å². The normalized spacial score (nSPS) is 29.1. The first-order valence-corrected chi connectivity index (χ1v) is 7.96. The highest BCUT2D eigenvalue weighted by molar-refractivity contribution is 5.76. The van der Waals surface area contributed by atoms with E-state index in [0.29, 0.717) is 31.0 Å². The number of carbonyl (C=O) groups is 1. The molecule has 114 valence electrons. The van der Waals surface area contributed by atoms with Crippen molar-refractivity contribution in [1.82, 2.24) is 10.6 Å². The maximum Gasteiger partial charge on any atom is 0.220 e. The fourth-order valence-corrected chi connectivity index (χ4v) is 3.68. The van der Waals surface area contributed by atoms with Crippen LogP contribution < -0.4 is 10.6 Å². The lowest BCUT2D eigenvalue weighted by Crippen LogP contribution is -2.40. The van der Waals surface area contributed by atoms with Crippen molar-refractivity contribution in [2.24, 2.45) is 5.92 Å². The standard InChI is InChI=1S/C17H24N2O2/c20-16(13-4-2-1-3-5-13)11-18-17(21)10-12-8-14-6-7-15(9-12)19-14/h1-5,12,14-16,19-20H,6-11H2,(H,18,21). The summed E-state index contributed by atoms with van der Waals surface area (Å²) in [6, 6.07) is 10.7. The molecule has 0 spiro atoms. The Morgan fingerprint density at radius 1 is 1.24 bits per heavy atom. The Bertz CT molecular complexity index is 465. The molecule has 1 aromatic carbocycles. The van der Waals surface area contributed by atoms with Gasteiger partial charge >= 0.3 is 0 Å². The highest BCUT2D eigenvalue weighted by atomic mass is 16.3. The molecular weight excluding hydrogens is 264 g/mol. The van der Waals surface area contributed by atoms with Crippen LogP contribution in [0.15, 0.2) is 30.3 Å². The second-order valence-corrected chi connectivity index (χ2v) is 6.41. The summed E-state index contributed by atoms with van der Waals surface area (Å²) in [5.41, 5.74) is 0.845. The lowest BCUT2D eigenvalue weighted by atomic mass is 9.89. The second-order valence-electron chi connectivity index (χ2n) is 6.41. The van der Waals surface area contributed by atoms with E-state index >= 15 is 0 Å². The van der Waals surface area contributed by atoms with Crippen LogP contribution in [0.25, 0.3) is 0 Å². The van der Waals surface area contributed by atoms with Crippen molar-refractivity contribution in [2.75, 3.05) is 6.54 Å². The molecular formula is C17H24N2O2. The van der Waals surface area contributed by atoms with E-state index in [1.165, 1.54) is 12.8 Å². The molecule has 2 fully saturated rings. The number of hydrogen-bond acceptors (Lipinski definition) is 3. The Morgan fingerprint density at radius 2 is 1.90 bits per heavy atom. The van der Waals surface area contributed by atoms with Crippen molar-refractivity contribution in [3.63, 3.8) is 0 Å². The van der Waals surface area contributed by atoms with Crippen molar-refractivity contribution in [1.29, 1.82) is 0 Å². The molecule has 2 bridgehead atoms. The van der Waals surface area contributed by atoms with Gasteiger partial charge in [0.15, 0.2) is 0 Å². The molecule has 2 heterocycles. The molecule has 1 amide bonds. The number of benzene rings is 1. The quantitative estimate of drug-likeness (QED) is 0.773. The summed E-state index contributed by atoms with van der Waals surface area (Å²) in [6.45, 7) is 0.292. The highest BCUT2D eigenvalue weighted by Crippen LogP contribution is 2.32. The minimum absolute atomic E-state index is 0.0660. The highest BCUT2D eigenvalue weighted by Gasteiger charge is 2.34. The molecule has 0 aliphatic carbocycles. The van der Waals surface area contributed by atoms with Crippen molar-refractivity contribution in [2.45, 2.75) is 50.3 Å². The fraction of sp³-hybridized carbons (Fsp3) is 0.588. The molecule has 0 aromatic heterocycles. The third kappa shape index (κ3) is 3.83. The third-order valence-corrected chi connectivity index (χ3v) is 4.72. The van der Waals surface area contributed by atoms with Crippen LogP contribution in [0.4, 0.5) is 0 Å². The Balaban J connectivity index is 1.42. The number of rotatable bonds is 5. The molecule has 2 aliphatic heterocycles. The molecule has 3 rings (SSSR count). The zero-order chi connectivity index (χ0) is 14.7. The number of hydrogen-bond donors (Lipinski definition) is 3. The maximum atomic E-state index is 12.0. The molecule has 3 unspecified atom stereocenters. The van der Waals surface area contributed by atoms with Gasteiger partial charge in [-0.1, -0.05) is 30.3 Å². The summed E-state index contributed by atoms with van der Waals surface area (Å²) in [4.78, 5) is 12.0. The van der Waals surface area contributed by atoms with E-state index in [1.807, 2.05) is 30.3 Å². The van der Waals surface area contributed by atoms with Crippen LogP contribution in [0.3, 0.4) is 0 Å². The van der Waals surface area contributed by atoms with E-state index in [9.17, 15) is 9.90 Å². The molecule has 0 radical (unpaired) electrons. The second kappa shape index (κ2) is 6.58. The van der Waals surface area contributed by atoms with E-state index < -0.39 is 6.10 Å². The van der Waals surface area contributed by atoms with Crippen LogP contribution in [0.5, 0.6) is 0 Å². The van der Waals surface area contributed by atoms with E-state index in [1.54, 1.807) is 0 Å². The third-order valence-electron chi connectivity index (χ3n) is 4.72. The summed E-state index contributed by atoms with van der Waals surface area (Å²) in [6.07, 6.45) is 4.72. The molecule has 4 heteroatoms. The molecule has 21 heavy (non-hydrogen) atoms. The predicted octanol–water partition coefficient (Wildman–Crippen LogP) is 1.76. The molecule has 3 N–H and O–H groups in total. The van der Waals surface area contributed by atoms with Gasteiger partial charge in [0.1, 0.15) is 0 Å². The van der Waals surface area contributed by atoms with Crippen LogP contribution in [0.2, 0.25) is 0 Å². The molecule has 4 nitrogen and oxygen atoms in total. The molecule has 1 aromatic rings. The Morgan fingerprint density at radius 3 is 2.57 bits per heavy atom. The van der Waals surface area contributed by atoms with Crippen LogP contribution in [-0.2, 0) is 4.79 Å². The van der Waals surface area contributed by atoms with Crippen molar-refractivity contribution in [3.8, 4) is 0 Å². The van der Waals surface area contributed by atoms with Gasteiger partial charge in [-0.15, -0.1) is 0 Å². The maximum absolute atomic E-state index is 12.0. The molecule has 2 aliphatic rings. The van der Waals surface area contributed by atoms with Crippen molar-refractivity contribution < 1.29 is 9.90 Å². The lowest BCUT2D eigenvalue weighted by molar-refractivity contribution is -0.122. The molecule has 0 saturated carbocycles. The van der Waals surface area contributed by atoms with Gasteiger partial charge in [-0.05, 0) is 37.2 Å². The van der Waals surface area contributed by atoms with Gasteiger partial charge in [-0.2, -0.15) is 0 Å². The largest absolute Gasteiger partial charge is 0.387 e. The van der Waals surface area contributed by atoms with Crippen LogP contribution in [0.1, 0.15) is 43.8 Å². The number of aliphatic hydroxyl groups is 1. The lowest BCUT2D eigenvalue weighted by Gasteiger charge is -2.28. The molecule has 3 atom stereocenters. The summed E-state index contributed by atoms with van der Waals surface area (Å²) < 4.78 is 0. The first-order valence-electron chi connectivity index (χ1n) is 7.96. The van der Waals surface area contributed by atoms with Crippen LogP contribution in [-0.4, -0.2) is 29.6 Å². The predicted molar refractivity (Wildman–Crippen MR) is 81.7 cm³/mol. The monoisotopic (exact) mass is 288 g/mol. The van der Waals surface area contributed by atoms with Gasteiger partial charge in [-0.3, -0.25) is 4.79 Å². The minimum Gasteiger partial charge on any atom is -0.387 e. The number of nitrogens with one attached hydrogen (secondary N) is 2. The minimum atomic E-state index is -0.626. The smallest absolute Gasteiger partial charge is 0.220 e. The van der Waals surface area contributed by atoms with E-state index in [4.69, 9.17) is 0 Å². The number of carbonyl (C=O) groups excluding carboxylic acids is 1. The van der Waals surface area contributed by atoms with Gasteiger partial charge in [0.2, 0.25) is 5.91 Å². The summed E-state index contributed by atoms with van der Waals surface area (Å²) >= 11 is 0. The SMILES string of the molecule is O=C(CC1CC2CCC(C1)N2)NCC(O)c1ccccc1. The van der Waals surface area contributed by atoms with Gasteiger partial charge in [0.25, 0.3) is 0 Å². The van der Waals surface area contributed by atoms with Gasteiger partial charge in [0, 0.05) is 25.0 Å².